The lowest BCUT2D eigenvalue weighted by Crippen LogP contribution is -2.19. The number of aryl methyl sites for hydroxylation is 1. The highest BCUT2D eigenvalue weighted by Crippen LogP contribution is 2.19. The van der Waals surface area contributed by atoms with Crippen molar-refractivity contribution >= 4 is 22.9 Å². The summed E-state index contributed by atoms with van der Waals surface area (Å²) in [7, 11) is 0. The van der Waals surface area contributed by atoms with Crippen molar-refractivity contribution in [3.63, 3.8) is 0 Å². The minimum Gasteiger partial charge on any atom is -0.330 e. The number of amides is 1. The van der Waals surface area contributed by atoms with Crippen molar-refractivity contribution in [3.05, 3.63) is 24.3 Å². The molecule has 0 aliphatic heterocycles. The smallest absolute Gasteiger partial charge is 0.227 e. The fourth-order valence-corrected chi connectivity index (χ4v) is 1.94. The van der Waals surface area contributed by atoms with E-state index in [9.17, 15) is 4.79 Å². The van der Waals surface area contributed by atoms with Crippen molar-refractivity contribution in [2.45, 2.75) is 26.3 Å². The highest BCUT2D eigenvalue weighted by Gasteiger charge is 2.11. The van der Waals surface area contributed by atoms with E-state index in [0.29, 0.717) is 18.9 Å². The topological polar surface area (TPSA) is 72.9 Å². The first-order valence-electron chi connectivity index (χ1n) is 6.21. The van der Waals surface area contributed by atoms with E-state index in [-0.39, 0.29) is 5.91 Å². The monoisotopic (exact) mass is 246 g/mol. The molecule has 1 amide bonds. The molecule has 1 aromatic carbocycles. The van der Waals surface area contributed by atoms with Crippen LogP contribution in [-0.4, -0.2) is 22.0 Å². The number of nitrogens with zero attached hydrogens (tertiary/aromatic N) is 2. The molecule has 0 saturated carbocycles. The molecule has 3 N–H and O–H groups in total. The van der Waals surface area contributed by atoms with Gasteiger partial charge in [-0.15, -0.1) is 0 Å². The van der Waals surface area contributed by atoms with Gasteiger partial charge in [-0.25, -0.2) is 4.98 Å². The van der Waals surface area contributed by atoms with Crippen LogP contribution in [0.3, 0.4) is 0 Å². The van der Waals surface area contributed by atoms with E-state index >= 15 is 0 Å². The third-order valence-electron chi connectivity index (χ3n) is 2.72. The van der Waals surface area contributed by atoms with E-state index < -0.39 is 0 Å². The number of aromatic nitrogens is 2. The second-order valence-corrected chi connectivity index (χ2v) is 4.16. The van der Waals surface area contributed by atoms with Gasteiger partial charge in [0, 0.05) is 19.5 Å². The minimum atomic E-state index is -0.0924. The van der Waals surface area contributed by atoms with E-state index in [4.69, 9.17) is 5.73 Å². The molecule has 0 radical (unpaired) electrons. The molecule has 0 fully saturated rings. The lowest BCUT2D eigenvalue weighted by molar-refractivity contribution is -0.116. The number of hydrogen-bond acceptors (Lipinski definition) is 3. The molecule has 5 heteroatoms. The molecule has 0 spiro atoms. The average molecular weight is 246 g/mol. The Morgan fingerprint density at radius 3 is 2.94 bits per heavy atom. The maximum absolute atomic E-state index is 11.6. The number of carbonyl (C=O) groups excluding carboxylic acids is 1. The standard InChI is InChI=1S/C13H18N4O/c1-2-9-17-11-6-4-3-5-10(11)15-13(17)16-12(18)7-8-14/h3-6H,2,7-9,14H2,1H3,(H,15,16,18). The molecule has 1 heterocycles. The van der Waals surface area contributed by atoms with Gasteiger partial charge in [-0.1, -0.05) is 19.1 Å². The SMILES string of the molecule is CCCn1c(NC(=O)CCN)nc2ccccc21. The molecular formula is C13H18N4O. The molecule has 5 nitrogen and oxygen atoms in total. The summed E-state index contributed by atoms with van der Waals surface area (Å²) < 4.78 is 2.03. The molecule has 0 atom stereocenters. The van der Waals surface area contributed by atoms with E-state index in [1.807, 2.05) is 28.8 Å². The molecule has 0 bridgehead atoms. The number of nitrogens with one attached hydrogen (secondary N) is 1. The van der Waals surface area contributed by atoms with Gasteiger partial charge in [-0.3, -0.25) is 10.1 Å². The van der Waals surface area contributed by atoms with Gasteiger partial charge >= 0.3 is 0 Å². The van der Waals surface area contributed by atoms with Crippen LogP contribution in [0.4, 0.5) is 5.95 Å². The van der Waals surface area contributed by atoms with Gasteiger partial charge < -0.3 is 10.3 Å². The van der Waals surface area contributed by atoms with E-state index in [0.717, 1.165) is 24.0 Å². The molecule has 0 aliphatic carbocycles. The first-order valence-corrected chi connectivity index (χ1v) is 6.21. The van der Waals surface area contributed by atoms with Gasteiger partial charge in [0.15, 0.2) is 0 Å². The van der Waals surface area contributed by atoms with Crippen LogP contribution in [0.5, 0.6) is 0 Å². The number of nitrogens with two attached hydrogens (primary N) is 1. The van der Waals surface area contributed by atoms with Crippen LogP contribution in [-0.2, 0) is 11.3 Å². The van der Waals surface area contributed by atoms with Crippen molar-refractivity contribution in [2.24, 2.45) is 5.73 Å². The molecule has 0 aliphatic rings. The second kappa shape index (κ2) is 5.64. The van der Waals surface area contributed by atoms with Gasteiger partial charge in [0.05, 0.1) is 11.0 Å². The van der Waals surface area contributed by atoms with Crippen LogP contribution in [0.1, 0.15) is 19.8 Å². The van der Waals surface area contributed by atoms with Crippen molar-refractivity contribution in [1.82, 2.24) is 9.55 Å². The van der Waals surface area contributed by atoms with Gasteiger partial charge in [0.25, 0.3) is 0 Å². The highest BCUT2D eigenvalue weighted by atomic mass is 16.1. The van der Waals surface area contributed by atoms with Crippen molar-refractivity contribution in [2.75, 3.05) is 11.9 Å². The fraction of sp³-hybridized carbons (Fsp3) is 0.385. The lowest BCUT2D eigenvalue weighted by atomic mass is 10.3. The van der Waals surface area contributed by atoms with Crippen molar-refractivity contribution in [1.29, 1.82) is 0 Å². The maximum Gasteiger partial charge on any atom is 0.227 e. The van der Waals surface area contributed by atoms with Gasteiger partial charge in [-0.05, 0) is 18.6 Å². The third kappa shape index (κ3) is 2.51. The zero-order valence-corrected chi connectivity index (χ0v) is 10.5. The maximum atomic E-state index is 11.6. The molecule has 2 aromatic rings. The van der Waals surface area contributed by atoms with E-state index in [1.165, 1.54) is 0 Å². The number of anilines is 1. The van der Waals surface area contributed by atoms with Crippen LogP contribution < -0.4 is 11.1 Å². The zero-order valence-electron chi connectivity index (χ0n) is 10.5. The quantitative estimate of drug-likeness (QED) is 0.844. The Morgan fingerprint density at radius 1 is 1.44 bits per heavy atom. The van der Waals surface area contributed by atoms with Crippen molar-refractivity contribution < 1.29 is 4.79 Å². The predicted octanol–water partition coefficient (Wildman–Crippen LogP) is 1.73. The first-order chi connectivity index (χ1) is 8.76. The first kappa shape index (κ1) is 12.6. The predicted molar refractivity (Wildman–Crippen MR) is 72.3 cm³/mol. The van der Waals surface area contributed by atoms with E-state index in [1.54, 1.807) is 0 Å². The Hall–Kier alpha value is -1.88. The molecule has 96 valence electrons. The molecule has 0 unspecified atom stereocenters. The van der Waals surface area contributed by atoms with E-state index in [2.05, 4.69) is 17.2 Å². The van der Waals surface area contributed by atoms with Crippen LogP contribution >= 0.6 is 0 Å². The van der Waals surface area contributed by atoms with Crippen LogP contribution in [0.15, 0.2) is 24.3 Å². The Bertz CT molecular complexity index is 547. The summed E-state index contributed by atoms with van der Waals surface area (Å²) >= 11 is 0. The summed E-state index contributed by atoms with van der Waals surface area (Å²) in [5, 5.41) is 2.82. The Labute approximate surface area is 106 Å². The number of carbonyl (C=O) groups is 1. The normalized spacial score (nSPS) is 10.8. The van der Waals surface area contributed by atoms with Gasteiger partial charge in [-0.2, -0.15) is 0 Å². The van der Waals surface area contributed by atoms with Gasteiger partial charge in [0.2, 0.25) is 11.9 Å². The summed E-state index contributed by atoms with van der Waals surface area (Å²) in [6, 6.07) is 7.87. The summed E-state index contributed by atoms with van der Waals surface area (Å²) in [6.45, 7) is 3.28. The molecule has 2 rings (SSSR count). The summed E-state index contributed by atoms with van der Waals surface area (Å²) in [5.74, 6) is 0.515. The highest BCUT2D eigenvalue weighted by molar-refractivity contribution is 5.91. The molecule has 18 heavy (non-hydrogen) atoms. The minimum absolute atomic E-state index is 0.0924. The fourth-order valence-electron chi connectivity index (χ4n) is 1.94. The number of benzene rings is 1. The number of rotatable bonds is 5. The lowest BCUT2D eigenvalue weighted by Gasteiger charge is -2.08. The Balaban J connectivity index is 2.36. The molecular weight excluding hydrogens is 228 g/mol. The van der Waals surface area contributed by atoms with Crippen LogP contribution in [0, 0.1) is 0 Å². The number of para-hydroxylation sites is 2. The summed E-state index contributed by atoms with van der Waals surface area (Å²) in [4.78, 5) is 16.0. The van der Waals surface area contributed by atoms with Crippen LogP contribution in [0.2, 0.25) is 0 Å². The second-order valence-electron chi connectivity index (χ2n) is 4.16. The number of fused-ring (bicyclic) bond motifs is 1. The number of imidazole rings is 1. The molecule has 0 saturated heterocycles. The Kier molecular flexibility index (Phi) is 3.94. The summed E-state index contributed by atoms with van der Waals surface area (Å²) in [6.07, 6.45) is 1.30. The largest absolute Gasteiger partial charge is 0.330 e. The van der Waals surface area contributed by atoms with Gasteiger partial charge in [0.1, 0.15) is 0 Å². The average Bonchev–Trinajstić information content (AvgIpc) is 2.68. The third-order valence-corrected chi connectivity index (χ3v) is 2.72. The van der Waals surface area contributed by atoms with Crippen LogP contribution in [0.25, 0.3) is 11.0 Å². The molecule has 1 aromatic heterocycles. The summed E-state index contributed by atoms with van der Waals surface area (Å²) in [5.41, 5.74) is 7.31. The Morgan fingerprint density at radius 2 is 2.22 bits per heavy atom. The number of hydrogen-bond donors (Lipinski definition) is 2. The zero-order chi connectivity index (χ0) is 13.0. The van der Waals surface area contributed by atoms with Crippen molar-refractivity contribution in [3.8, 4) is 0 Å².